The van der Waals surface area contributed by atoms with Gasteiger partial charge in [-0.3, -0.25) is 4.99 Å². The Labute approximate surface area is 217 Å². The number of hydrogen-bond donors (Lipinski definition) is 2. The maximum Gasteiger partial charge on any atom is 0.347 e. The molecular weight excluding hydrogens is 645 g/mol. The molecule has 3 aliphatic heterocycles. The van der Waals surface area contributed by atoms with Gasteiger partial charge in [-0.05, 0) is 41.4 Å². The molecule has 0 aliphatic carbocycles. The van der Waals surface area contributed by atoms with Crippen LogP contribution in [0.3, 0.4) is 0 Å². The number of aliphatic imine (C=N–C) groups is 1. The van der Waals surface area contributed by atoms with E-state index in [1.807, 2.05) is 0 Å². The molecule has 0 saturated carbocycles. The molecule has 3 atom stereocenters. The van der Waals surface area contributed by atoms with E-state index in [0.717, 1.165) is 13.7 Å². The Kier molecular flexibility index (Phi) is 21.2. The zero-order valence-corrected chi connectivity index (χ0v) is 23.9. The maximum atomic E-state index is 10.7. The molecule has 0 bridgehead atoms. The van der Waals surface area contributed by atoms with Crippen molar-refractivity contribution in [1.82, 2.24) is 4.90 Å². The molecule has 3 unspecified atom stereocenters. The van der Waals surface area contributed by atoms with Gasteiger partial charge in [-0.1, -0.05) is 6.42 Å². The van der Waals surface area contributed by atoms with E-state index in [2.05, 4.69) is 32.5 Å². The first-order chi connectivity index (χ1) is 15.3. The van der Waals surface area contributed by atoms with Gasteiger partial charge in [0.1, 0.15) is 6.10 Å². The van der Waals surface area contributed by atoms with Gasteiger partial charge in [0.15, 0.2) is 12.2 Å². The average molecular weight is 683 g/mol. The summed E-state index contributed by atoms with van der Waals surface area (Å²) in [6.45, 7) is 7.91. The predicted molar refractivity (Wildman–Crippen MR) is 117 cm³/mol. The second-order valence-corrected chi connectivity index (χ2v) is 6.81. The molecule has 32 heavy (non-hydrogen) atoms. The second-order valence-electron chi connectivity index (χ2n) is 6.81. The quantitative estimate of drug-likeness (QED) is 0.223. The molecule has 2 saturated heterocycles. The fraction of sp³-hybridized carbons (Fsp3) is 0.800. The number of aliphatic hydroxyl groups is 2. The summed E-state index contributed by atoms with van der Waals surface area (Å²) in [6.07, 6.45) is 4.14. The van der Waals surface area contributed by atoms with E-state index in [4.69, 9.17) is 11.5 Å². The fourth-order valence-electron chi connectivity index (χ4n) is 2.75. The first-order valence-electron chi connectivity index (χ1n) is 10.7. The smallest absolute Gasteiger partial charge is 0.347 e. The summed E-state index contributed by atoms with van der Waals surface area (Å²) in [6, 6.07) is 0. The van der Waals surface area contributed by atoms with Crippen LogP contribution >= 0.6 is 0 Å². The number of hydrogen-bond acceptors (Lipinski definition) is 10. The van der Waals surface area contributed by atoms with Crippen molar-refractivity contribution in [3.63, 3.8) is 0 Å². The molecule has 2 radical (unpaired) electrons. The van der Waals surface area contributed by atoms with Gasteiger partial charge in [0.25, 0.3) is 0 Å². The second kappa shape index (κ2) is 20.5. The number of amidine groups is 1. The zero-order valence-electron chi connectivity index (χ0n) is 20.7. The number of carbonyl (C=O) groups excluding carboxylic acids is 3. The van der Waals surface area contributed by atoms with Crippen LogP contribution in [0, 0.1) is 31.1 Å². The Morgan fingerprint density at radius 3 is 2.06 bits per heavy atom. The van der Waals surface area contributed by atoms with E-state index in [1.165, 1.54) is 78.9 Å². The molecule has 0 aromatic carbocycles. The van der Waals surface area contributed by atoms with Crippen molar-refractivity contribution in [3.05, 3.63) is 0 Å². The van der Waals surface area contributed by atoms with Crippen molar-refractivity contribution in [2.45, 2.75) is 71.2 Å². The van der Waals surface area contributed by atoms with Crippen LogP contribution in [0.25, 0.3) is 0 Å². The standard InChI is InChI=1S/C9H16N2.C6H8O4.C4H8O3.CH4O.BH.U/c1-2-5-9-10-6-4-8-11(9)7-3-1;1-3-5(7)10-4(2)6(8)9-3;1-3(5)4(6)7-2;1-2;;/h1-8H2;3-4H,1-2H3;3,5H,1-2H3;2H,1H3;1H;/i;;;;1D;. The monoisotopic (exact) mass is 683 g/mol. The van der Waals surface area contributed by atoms with E-state index in [0.29, 0.717) is 0 Å². The number of fused-ring (bicyclic) bond motifs is 1. The number of carbonyl (C=O) groups is 3. The van der Waals surface area contributed by atoms with Crippen LogP contribution in [0.2, 0.25) is 0 Å². The molecule has 2 N–H and O–H groups in total. The summed E-state index contributed by atoms with van der Waals surface area (Å²) in [5.41, 5.74) is 0. The third-order valence-electron chi connectivity index (χ3n) is 4.37. The van der Waals surface area contributed by atoms with Gasteiger partial charge in [0.05, 0.1) is 12.9 Å². The minimum atomic E-state index is -0.995. The summed E-state index contributed by atoms with van der Waals surface area (Å²) < 4.78 is 18.6. The molecule has 3 heterocycles. The molecule has 2 fully saturated rings. The van der Waals surface area contributed by atoms with Gasteiger partial charge in [-0.2, -0.15) is 0 Å². The van der Waals surface area contributed by atoms with Crippen molar-refractivity contribution in [3.8, 4) is 0 Å². The van der Waals surface area contributed by atoms with Crippen LogP contribution in [0.5, 0.6) is 0 Å². The van der Waals surface area contributed by atoms with Crippen molar-refractivity contribution >= 4 is 32.1 Å². The molecule has 0 aromatic heterocycles. The van der Waals surface area contributed by atoms with E-state index >= 15 is 0 Å². The minimum absolute atomic E-state index is 0. The van der Waals surface area contributed by atoms with Crippen molar-refractivity contribution in [2.75, 3.05) is 33.9 Å². The van der Waals surface area contributed by atoms with Crippen molar-refractivity contribution < 1.29 is 69.9 Å². The van der Waals surface area contributed by atoms with Gasteiger partial charge < -0.3 is 29.3 Å². The van der Waals surface area contributed by atoms with Crippen LogP contribution in [-0.4, -0.2) is 101 Å². The van der Waals surface area contributed by atoms with E-state index < -0.39 is 36.2 Å². The Hall–Kier alpha value is -1.08. The number of rotatable bonds is 1. The van der Waals surface area contributed by atoms with Gasteiger partial charge in [-0.25, -0.2) is 14.4 Å². The van der Waals surface area contributed by atoms with Crippen LogP contribution in [0.1, 0.15) is 52.9 Å². The van der Waals surface area contributed by atoms with E-state index in [9.17, 15) is 14.4 Å². The molecule has 0 amide bonds. The van der Waals surface area contributed by atoms with Crippen LogP contribution in [0.4, 0.5) is 0 Å². The van der Waals surface area contributed by atoms with Crippen molar-refractivity contribution in [1.29, 1.82) is 1.34 Å². The van der Waals surface area contributed by atoms with Gasteiger partial charge in [0.2, 0.25) is 0 Å². The molecule has 3 aliphatic rings. The zero-order chi connectivity index (χ0) is 25.1. The number of cyclic esters (lactones) is 2. The summed E-state index contributed by atoms with van der Waals surface area (Å²) in [7, 11) is 5.98. The van der Waals surface area contributed by atoms with Crippen LogP contribution in [-0.2, 0) is 28.6 Å². The van der Waals surface area contributed by atoms with Gasteiger partial charge >= 0.3 is 17.9 Å². The normalized spacial score (nSPS) is 22.3. The molecule has 10 nitrogen and oxygen atoms in total. The molecule has 12 heteroatoms. The number of nitrogens with zero attached hydrogens (tertiary/aromatic N) is 2. The molecule has 0 spiro atoms. The Morgan fingerprint density at radius 1 is 1.12 bits per heavy atom. The largest absolute Gasteiger partial charge is 0.467 e. The molecule has 0 aromatic rings. The third-order valence-corrected chi connectivity index (χ3v) is 4.37. The third kappa shape index (κ3) is 14.1. The number of ether oxygens (including phenoxy) is 3. The topological polar surface area (TPSA) is 135 Å². The number of esters is 3. The number of methoxy groups -OCH3 is 1. The van der Waals surface area contributed by atoms with Gasteiger partial charge in [0, 0.05) is 72.7 Å². The fourth-order valence-corrected chi connectivity index (χ4v) is 2.75. The molecule has 182 valence electrons. The Morgan fingerprint density at radius 2 is 1.62 bits per heavy atom. The molecular formula is C20H37BN2O8U. The van der Waals surface area contributed by atoms with E-state index in [-0.39, 0.29) is 31.1 Å². The first kappa shape index (κ1) is 33.1. The van der Waals surface area contributed by atoms with Gasteiger partial charge in [-0.15, -0.1) is 0 Å². The Bertz CT molecular complexity index is 564. The number of aliphatic hydroxyl groups excluding tert-OH is 2. The minimum Gasteiger partial charge on any atom is -0.467 e. The predicted octanol–water partition coefficient (Wildman–Crippen LogP) is 0.0282. The van der Waals surface area contributed by atoms with E-state index in [1.54, 1.807) is 0 Å². The Balaban J connectivity index is -0.000000383. The van der Waals surface area contributed by atoms with Crippen LogP contribution in [0.15, 0.2) is 4.99 Å². The van der Waals surface area contributed by atoms with Crippen LogP contribution < -0.4 is 0 Å². The van der Waals surface area contributed by atoms with Crippen molar-refractivity contribution in [2.24, 2.45) is 4.99 Å². The summed E-state index contributed by atoms with van der Waals surface area (Å²) in [5, 5.41) is 15.3. The summed E-state index contributed by atoms with van der Waals surface area (Å²) >= 11 is 0. The maximum absolute atomic E-state index is 10.7. The SMILES string of the molecule is C1CCC2=NCCCN2CC1.CC1OC(=O)C(C)OC1=O.CO.COC(=O)C(C)O.[2H][B].[U]. The summed E-state index contributed by atoms with van der Waals surface area (Å²) in [4.78, 5) is 38.4. The summed E-state index contributed by atoms with van der Waals surface area (Å²) in [5.74, 6) is -0.159. The molecule has 3 rings (SSSR count). The average Bonchev–Trinajstić information content (AvgIpc) is 3.06. The first-order valence-corrected chi connectivity index (χ1v) is 10.2.